The second kappa shape index (κ2) is 6.49. The van der Waals surface area contributed by atoms with Crippen molar-refractivity contribution in [3.05, 3.63) is 63.8 Å². The van der Waals surface area contributed by atoms with Crippen LogP contribution in [0.3, 0.4) is 0 Å². The number of nitrogens with zero attached hydrogens (tertiary/aromatic N) is 1. The number of para-hydroxylation sites is 1. The Hall–Kier alpha value is -1.68. The van der Waals surface area contributed by atoms with Crippen molar-refractivity contribution in [1.82, 2.24) is 9.88 Å². The Bertz CT molecular complexity index is 968. The molecule has 5 rings (SSSR count). The first kappa shape index (κ1) is 16.5. The van der Waals surface area contributed by atoms with E-state index in [-0.39, 0.29) is 0 Å². The van der Waals surface area contributed by atoms with Crippen molar-refractivity contribution in [2.75, 3.05) is 13.2 Å². The molecule has 134 valence electrons. The van der Waals surface area contributed by atoms with Crippen LogP contribution < -0.4 is 4.74 Å². The lowest BCUT2D eigenvalue weighted by atomic mass is 9.97. The van der Waals surface area contributed by atoms with Gasteiger partial charge in [-0.15, -0.1) is 0 Å². The van der Waals surface area contributed by atoms with Gasteiger partial charge in [0.15, 0.2) is 0 Å². The number of halogens is 2. The van der Waals surface area contributed by atoms with E-state index < -0.39 is 0 Å². The summed E-state index contributed by atoms with van der Waals surface area (Å²) in [5, 5.41) is 2.47. The van der Waals surface area contributed by atoms with Crippen molar-refractivity contribution >= 4 is 34.1 Å². The lowest BCUT2D eigenvalue weighted by Gasteiger charge is -2.34. The Balaban J connectivity index is 1.33. The SMILES string of the molecule is Clc1ccc(OCCN2[C@H]3CC[C@@H]2c2c([nH]c4ccccc24)C3)cc1Cl. The number of rotatable bonds is 4. The van der Waals surface area contributed by atoms with Crippen molar-refractivity contribution in [3.8, 4) is 5.75 Å². The summed E-state index contributed by atoms with van der Waals surface area (Å²) >= 11 is 12.0. The molecule has 0 amide bonds. The zero-order valence-corrected chi connectivity index (χ0v) is 15.9. The fourth-order valence-electron chi connectivity index (χ4n) is 4.64. The molecule has 0 unspecified atom stereocenters. The molecule has 1 aromatic heterocycles. The molecule has 26 heavy (non-hydrogen) atoms. The molecule has 2 aliphatic rings. The van der Waals surface area contributed by atoms with Crippen LogP contribution in [0.4, 0.5) is 0 Å². The first-order chi connectivity index (χ1) is 12.7. The van der Waals surface area contributed by atoms with E-state index >= 15 is 0 Å². The number of hydrogen-bond donors (Lipinski definition) is 1. The van der Waals surface area contributed by atoms with E-state index in [0.717, 1.165) is 18.7 Å². The average Bonchev–Trinajstić information content (AvgIpc) is 3.14. The van der Waals surface area contributed by atoms with Gasteiger partial charge in [0.25, 0.3) is 0 Å². The minimum absolute atomic E-state index is 0.498. The molecule has 1 saturated heterocycles. The largest absolute Gasteiger partial charge is 0.492 e. The first-order valence-corrected chi connectivity index (χ1v) is 9.89. The second-order valence-corrected chi connectivity index (χ2v) is 7.99. The molecule has 3 nitrogen and oxygen atoms in total. The van der Waals surface area contributed by atoms with Gasteiger partial charge in [-0.05, 0) is 36.6 Å². The highest BCUT2D eigenvalue weighted by atomic mass is 35.5. The summed E-state index contributed by atoms with van der Waals surface area (Å²) in [6.07, 6.45) is 3.59. The summed E-state index contributed by atoms with van der Waals surface area (Å²) in [7, 11) is 0. The average molecular weight is 387 g/mol. The molecule has 2 aliphatic heterocycles. The normalized spacial score (nSPS) is 21.9. The van der Waals surface area contributed by atoms with Gasteiger partial charge in [-0.1, -0.05) is 41.4 Å². The number of H-pyrrole nitrogens is 1. The summed E-state index contributed by atoms with van der Waals surface area (Å²) in [5.41, 5.74) is 4.20. The third kappa shape index (κ3) is 2.70. The Morgan fingerprint density at radius 2 is 1.96 bits per heavy atom. The molecular formula is C21H20Cl2N2O. The number of fused-ring (bicyclic) bond motifs is 6. The molecule has 0 radical (unpaired) electrons. The number of aromatic nitrogens is 1. The van der Waals surface area contributed by atoms with Crippen LogP contribution in [0.25, 0.3) is 10.9 Å². The molecule has 0 saturated carbocycles. The number of hydrogen-bond acceptors (Lipinski definition) is 2. The quantitative estimate of drug-likeness (QED) is 0.630. The van der Waals surface area contributed by atoms with Crippen molar-refractivity contribution in [1.29, 1.82) is 0 Å². The van der Waals surface area contributed by atoms with E-state index in [9.17, 15) is 0 Å². The number of ether oxygens (including phenoxy) is 1. The predicted octanol–water partition coefficient (Wildman–Crippen LogP) is 5.62. The van der Waals surface area contributed by atoms with Crippen LogP contribution in [-0.2, 0) is 6.42 Å². The third-order valence-corrected chi connectivity index (χ3v) is 6.49. The number of nitrogens with one attached hydrogen (secondary N) is 1. The molecular weight excluding hydrogens is 367 g/mol. The lowest BCUT2D eigenvalue weighted by molar-refractivity contribution is 0.144. The van der Waals surface area contributed by atoms with Gasteiger partial charge in [-0.2, -0.15) is 0 Å². The van der Waals surface area contributed by atoms with E-state index in [1.165, 1.54) is 35.0 Å². The molecule has 3 heterocycles. The maximum atomic E-state index is 6.07. The summed E-state index contributed by atoms with van der Waals surface area (Å²) < 4.78 is 5.93. The highest BCUT2D eigenvalue weighted by molar-refractivity contribution is 6.42. The second-order valence-electron chi connectivity index (χ2n) is 7.18. The minimum Gasteiger partial charge on any atom is -0.492 e. The summed E-state index contributed by atoms with van der Waals surface area (Å²) in [5.74, 6) is 0.775. The molecule has 3 aromatic rings. The fourth-order valence-corrected chi connectivity index (χ4v) is 4.92. The van der Waals surface area contributed by atoms with Gasteiger partial charge < -0.3 is 9.72 Å². The molecule has 0 spiro atoms. The number of benzene rings is 2. The highest BCUT2D eigenvalue weighted by Gasteiger charge is 2.41. The first-order valence-electron chi connectivity index (χ1n) is 9.14. The van der Waals surface area contributed by atoms with Gasteiger partial charge in [0.05, 0.1) is 10.0 Å². The molecule has 1 N–H and O–H groups in total. The molecule has 1 fully saturated rings. The Kier molecular flexibility index (Phi) is 4.11. The van der Waals surface area contributed by atoms with Crippen LogP contribution in [0.5, 0.6) is 5.75 Å². The molecule has 0 aliphatic carbocycles. The number of aromatic amines is 1. The topological polar surface area (TPSA) is 28.3 Å². The maximum absolute atomic E-state index is 6.07. The molecule has 2 atom stereocenters. The van der Waals surface area contributed by atoms with Crippen LogP contribution in [0, 0.1) is 0 Å². The van der Waals surface area contributed by atoms with E-state index in [4.69, 9.17) is 27.9 Å². The van der Waals surface area contributed by atoms with Gasteiger partial charge >= 0.3 is 0 Å². The van der Waals surface area contributed by atoms with Crippen molar-refractivity contribution < 1.29 is 4.74 Å². The van der Waals surface area contributed by atoms with Crippen LogP contribution in [0.2, 0.25) is 10.0 Å². The van der Waals surface area contributed by atoms with Gasteiger partial charge in [-0.25, -0.2) is 0 Å². The van der Waals surface area contributed by atoms with Crippen LogP contribution >= 0.6 is 23.2 Å². The summed E-state index contributed by atoms with van der Waals surface area (Å²) in [4.78, 5) is 6.27. The summed E-state index contributed by atoms with van der Waals surface area (Å²) in [6, 6.07) is 15.2. The third-order valence-electron chi connectivity index (χ3n) is 5.75. The van der Waals surface area contributed by atoms with Crippen LogP contribution in [0.1, 0.15) is 30.1 Å². The van der Waals surface area contributed by atoms with Crippen molar-refractivity contribution in [2.24, 2.45) is 0 Å². The van der Waals surface area contributed by atoms with Crippen LogP contribution in [-0.4, -0.2) is 29.1 Å². The summed E-state index contributed by atoms with van der Waals surface area (Å²) in [6.45, 7) is 1.58. The van der Waals surface area contributed by atoms with Crippen molar-refractivity contribution in [2.45, 2.75) is 31.3 Å². The van der Waals surface area contributed by atoms with Gasteiger partial charge in [0, 0.05) is 47.7 Å². The Morgan fingerprint density at radius 1 is 1.08 bits per heavy atom. The Morgan fingerprint density at radius 3 is 2.85 bits per heavy atom. The van der Waals surface area contributed by atoms with Crippen LogP contribution in [0.15, 0.2) is 42.5 Å². The molecule has 2 aromatic carbocycles. The van der Waals surface area contributed by atoms with Gasteiger partial charge in [-0.3, -0.25) is 4.90 Å². The zero-order chi connectivity index (χ0) is 17.7. The minimum atomic E-state index is 0.498. The van der Waals surface area contributed by atoms with Crippen molar-refractivity contribution in [3.63, 3.8) is 0 Å². The Labute approximate surface area is 162 Å². The maximum Gasteiger partial charge on any atom is 0.120 e. The zero-order valence-electron chi connectivity index (χ0n) is 14.3. The fraction of sp³-hybridized carbons (Fsp3) is 0.333. The standard InChI is InChI=1S/C21H20Cl2N2O/c22-16-7-6-14(12-17(16)23)26-10-9-25-13-5-8-20(25)21-15-3-1-2-4-18(15)24-19(21)11-13/h1-4,6-7,12-13,20,24H,5,8-11H2/t13-,20+/m0/s1. The molecule has 2 bridgehead atoms. The van der Waals surface area contributed by atoms with Gasteiger partial charge in [0.1, 0.15) is 12.4 Å². The van der Waals surface area contributed by atoms with E-state index in [0.29, 0.717) is 28.7 Å². The molecule has 5 heteroatoms. The van der Waals surface area contributed by atoms with E-state index in [2.05, 4.69) is 34.1 Å². The highest BCUT2D eigenvalue weighted by Crippen LogP contribution is 2.46. The van der Waals surface area contributed by atoms with Gasteiger partial charge in [0.2, 0.25) is 0 Å². The predicted molar refractivity (Wildman–Crippen MR) is 106 cm³/mol. The lowest BCUT2D eigenvalue weighted by Crippen LogP contribution is -2.39. The monoisotopic (exact) mass is 386 g/mol. The van der Waals surface area contributed by atoms with E-state index in [1.807, 2.05) is 6.07 Å². The van der Waals surface area contributed by atoms with E-state index in [1.54, 1.807) is 12.1 Å². The smallest absolute Gasteiger partial charge is 0.120 e.